The van der Waals surface area contributed by atoms with Crippen LogP contribution < -0.4 is 16.0 Å². The summed E-state index contributed by atoms with van der Waals surface area (Å²) >= 11 is 0. The summed E-state index contributed by atoms with van der Waals surface area (Å²) in [6.07, 6.45) is 3.06. The van der Waals surface area contributed by atoms with Crippen molar-refractivity contribution in [2.75, 3.05) is 23.7 Å². The lowest BCUT2D eigenvalue weighted by Crippen LogP contribution is -2.28. The number of nitrogens with one attached hydrogen (secondary N) is 3. The molecule has 0 aliphatic heterocycles. The van der Waals surface area contributed by atoms with Crippen molar-refractivity contribution in [2.24, 2.45) is 0 Å². The number of alkyl halides is 3. The maximum atomic E-state index is 13.3. The van der Waals surface area contributed by atoms with Crippen LogP contribution in [0.1, 0.15) is 43.4 Å². The average Bonchev–Trinajstić information content (AvgIpc) is 3.21. The molecule has 0 atom stereocenters. The Labute approximate surface area is 166 Å². The summed E-state index contributed by atoms with van der Waals surface area (Å²) < 4.78 is 39.8. The van der Waals surface area contributed by atoms with Gasteiger partial charge >= 0.3 is 6.18 Å². The number of pyridine rings is 1. The van der Waals surface area contributed by atoms with Gasteiger partial charge in [-0.1, -0.05) is 12.8 Å². The van der Waals surface area contributed by atoms with Gasteiger partial charge in [-0.05, 0) is 37.9 Å². The fourth-order valence-corrected chi connectivity index (χ4v) is 3.18. The number of nitrogens with zero attached hydrogens (tertiary/aromatic N) is 4. The van der Waals surface area contributed by atoms with E-state index in [4.69, 9.17) is 5.26 Å². The number of aromatic nitrogens is 3. The van der Waals surface area contributed by atoms with Crippen LogP contribution in [0.4, 0.5) is 30.6 Å². The molecule has 2 aromatic heterocycles. The van der Waals surface area contributed by atoms with Crippen molar-refractivity contribution in [3.63, 3.8) is 0 Å². The van der Waals surface area contributed by atoms with Gasteiger partial charge in [0, 0.05) is 18.8 Å². The Bertz CT molecular complexity index is 840. The van der Waals surface area contributed by atoms with Crippen molar-refractivity contribution in [3.8, 4) is 6.07 Å². The summed E-state index contributed by atoms with van der Waals surface area (Å²) in [4.78, 5) is 11.6. The minimum Gasteiger partial charge on any atom is -0.369 e. The lowest BCUT2D eigenvalue weighted by Gasteiger charge is -2.15. The first-order valence-corrected chi connectivity index (χ1v) is 9.50. The molecule has 7 nitrogen and oxygen atoms in total. The van der Waals surface area contributed by atoms with Crippen LogP contribution in [0.2, 0.25) is 0 Å². The molecule has 29 heavy (non-hydrogen) atoms. The molecule has 2 heterocycles. The van der Waals surface area contributed by atoms with E-state index in [-0.39, 0.29) is 17.5 Å². The Balaban J connectivity index is 1.62. The van der Waals surface area contributed by atoms with Crippen LogP contribution in [0.5, 0.6) is 0 Å². The molecule has 154 valence electrons. The third-order valence-electron chi connectivity index (χ3n) is 4.66. The quantitative estimate of drug-likeness (QED) is 0.574. The molecule has 1 aliphatic carbocycles. The summed E-state index contributed by atoms with van der Waals surface area (Å²) in [6, 6.07) is 5.48. The van der Waals surface area contributed by atoms with Gasteiger partial charge in [-0.3, -0.25) is 0 Å². The number of halogens is 3. The molecule has 0 amide bonds. The first-order chi connectivity index (χ1) is 14.0. The zero-order valence-corrected chi connectivity index (χ0v) is 15.8. The third-order valence-corrected chi connectivity index (χ3v) is 4.66. The predicted molar refractivity (Wildman–Crippen MR) is 103 cm³/mol. The van der Waals surface area contributed by atoms with Crippen molar-refractivity contribution in [1.29, 1.82) is 5.26 Å². The third kappa shape index (κ3) is 6.02. The molecule has 3 N–H and O–H groups in total. The zero-order valence-electron chi connectivity index (χ0n) is 15.8. The van der Waals surface area contributed by atoms with E-state index in [2.05, 4.69) is 30.9 Å². The van der Waals surface area contributed by atoms with Gasteiger partial charge in [-0.25, -0.2) is 9.97 Å². The van der Waals surface area contributed by atoms with E-state index in [0.29, 0.717) is 24.7 Å². The summed E-state index contributed by atoms with van der Waals surface area (Å²) in [5, 5.41) is 17.8. The van der Waals surface area contributed by atoms with Crippen molar-refractivity contribution >= 4 is 17.5 Å². The van der Waals surface area contributed by atoms with Gasteiger partial charge in [0.05, 0.1) is 11.9 Å². The molecule has 0 saturated heterocycles. The fourth-order valence-electron chi connectivity index (χ4n) is 3.18. The lowest BCUT2D eigenvalue weighted by atomic mass is 10.2. The highest BCUT2D eigenvalue weighted by molar-refractivity contribution is 5.56. The largest absolute Gasteiger partial charge is 0.421 e. The molecular weight excluding hydrogens is 383 g/mol. The van der Waals surface area contributed by atoms with Crippen LogP contribution in [0.25, 0.3) is 0 Å². The van der Waals surface area contributed by atoms with E-state index in [9.17, 15) is 13.2 Å². The minimum atomic E-state index is -4.56. The smallest absolute Gasteiger partial charge is 0.369 e. The molecule has 3 rings (SSSR count). The highest BCUT2D eigenvalue weighted by atomic mass is 19.4. The zero-order chi connectivity index (χ0) is 20.7. The first-order valence-electron chi connectivity index (χ1n) is 9.50. The van der Waals surface area contributed by atoms with Gasteiger partial charge in [-0.15, -0.1) is 0 Å². The van der Waals surface area contributed by atoms with E-state index in [1.54, 1.807) is 6.07 Å². The molecule has 0 radical (unpaired) electrons. The highest BCUT2D eigenvalue weighted by Crippen LogP contribution is 2.34. The standard InChI is InChI=1S/C19H22F3N7/c20-19(21,22)16-12-27-18(28-15-7-6-14(10-23)26-11-15)29-17(16)25-9-3-8-24-13-4-1-2-5-13/h6-7,11-13,24H,1-5,8-9H2,(H2,25,27,28,29). The van der Waals surface area contributed by atoms with E-state index in [1.165, 1.54) is 25.1 Å². The van der Waals surface area contributed by atoms with Crippen LogP contribution in [-0.4, -0.2) is 34.1 Å². The number of hydrogen-bond donors (Lipinski definition) is 3. The molecule has 0 unspecified atom stereocenters. The van der Waals surface area contributed by atoms with Crippen LogP contribution >= 0.6 is 0 Å². The van der Waals surface area contributed by atoms with E-state index < -0.39 is 11.7 Å². The van der Waals surface area contributed by atoms with Gasteiger partial charge in [-0.2, -0.15) is 23.4 Å². The molecule has 2 aromatic rings. The monoisotopic (exact) mass is 405 g/mol. The predicted octanol–water partition coefficient (Wildman–Crippen LogP) is 3.84. The number of nitriles is 1. The molecule has 10 heteroatoms. The molecule has 1 aliphatic rings. The molecular formula is C19H22F3N7. The van der Waals surface area contributed by atoms with Crippen molar-refractivity contribution in [2.45, 2.75) is 44.3 Å². The van der Waals surface area contributed by atoms with E-state index >= 15 is 0 Å². The van der Waals surface area contributed by atoms with Gasteiger partial charge in [0.2, 0.25) is 5.95 Å². The van der Waals surface area contributed by atoms with Gasteiger partial charge in [0.1, 0.15) is 23.1 Å². The Morgan fingerprint density at radius 3 is 2.55 bits per heavy atom. The second-order valence-electron chi connectivity index (χ2n) is 6.84. The topological polar surface area (TPSA) is 98.5 Å². The average molecular weight is 405 g/mol. The minimum absolute atomic E-state index is 0.0103. The number of hydrogen-bond acceptors (Lipinski definition) is 7. The summed E-state index contributed by atoms with van der Waals surface area (Å²) in [7, 11) is 0. The Kier molecular flexibility index (Phi) is 6.82. The van der Waals surface area contributed by atoms with Crippen molar-refractivity contribution < 1.29 is 13.2 Å². The van der Waals surface area contributed by atoms with Gasteiger partial charge in [0.15, 0.2) is 0 Å². The normalized spacial score (nSPS) is 14.6. The van der Waals surface area contributed by atoms with E-state index in [1.807, 2.05) is 6.07 Å². The molecule has 1 fully saturated rings. The molecule has 0 spiro atoms. The fraction of sp³-hybridized carbons (Fsp3) is 0.474. The summed E-state index contributed by atoms with van der Waals surface area (Å²) in [5.41, 5.74) is -0.210. The van der Waals surface area contributed by atoms with E-state index in [0.717, 1.165) is 25.6 Å². The van der Waals surface area contributed by atoms with Gasteiger partial charge in [0.25, 0.3) is 0 Å². The maximum Gasteiger partial charge on any atom is 0.421 e. The lowest BCUT2D eigenvalue weighted by molar-refractivity contribution is -0.137. The van der Waals surface area contributed by atoms with Crippen molar-refractivity contribution in [1.82, 2.24) is 20.3 Å². The second-order valence-corrected chi connectivity index (χ2v) is 6.84. The summed E-state index contributed by atoms with van der Waals surface area (Å²) in [6.45, 7) is 1.10. The Hall–Kier alpha value is -2.93. The number of rotatable bonds is 8. The Morgan fingerprint density at radius 2 is 1.90 bits per heavy atom. The molecule has 0 aromatic carbocycles. The first kappa shape index (κ1) is 20.8. The van der Waals surface area contributed by atoms with Gasteiger partial charge < -0.3 is 16.0 Å². The number of anilines is 3. The van der Waals surface area contributed by atoms with Crippen LogP contribution in [-0.2, 0) is 6.18 Å². The maximum absolute atomic E-state index is 13.3. The highest BCUT2D eigenvalue weighted by Gasteiger charge is 2.35. The SMILES string of the molecule is N#Cc1ccc(Nc2ncc(C(F)(F)F)c(NCCCNC3CCCC3)n2)cn1. The molecule has 0 bridgehead atoms. The second kappa shape index (κ2) is 9.52. The summed E-state index contributed by atoms with van der Waals surface area (Å²) in [5.74, 6) is -0.256. The van der Waals surface area contributed by atoms with Crippen molar-refractivity contribution in [3.05, 3.63) is 35.8 Å². The molecule has 1 saturated carbocycles. The van der Waals surface area contributed by atoms with Crippen LogP contribution in [0, 0.1) is 11.3 Å². The van der Waals surface area contributed by atoms with Crippen LogP contribution in [0.3, 0.4) is 0 Å². The Morgan fingerprint density at radius 1 is 1.10 bits per heavy atom. The van der Waals surface area contributed by atoms with Crippen LogP contribution in [0.15, 0.2) is 24.5 Å².